The summed E-state index contributed by atoms with van der Waals surface area (Å²) in [5.41, 5.74) is 4.53. The molecule has 0 fully saturated rings. The highest BCUT2D eigenvalue weighted by Gasteiger charge is 2.16. The van der Waals surface area contributed by atoms with Gasteiger partial charge < -0.3 is 5.32 Å². The lowest BCUT2D eigenvalue weighted by molar-refractivity contribution is -0.116. The lowest BCUT2D eigenvalue weighted by atomic mass is 10.1. The molecule has 0 bridgehead atoms. The molecule has 0 spiro atoms. The Morgan fingerprint density at radius 3 is 2.79 bits per heavy atom. The van der Waals surface area contributed by atoms with Crippen molar-refractivity contribution in [2.75, 3.05) is 5.32 Å². The van der Waals surface area contributed by atoms with Crippen LogP contribution in [0.4, 0.5) is 10.1 Å². The quantitative estimate of drug-likeness (QED) is 0.535. The van der Waals surface area contributed by atoms with Crippen molar-refractivity contribution in [1.82, 2.24) is 14.6 Å². The van der Waals surface area contributed by atoms with Crippen LogP contribution < -0.4 is 5.32 Å². The summed E-state index contributed by atoms with van der Waals surface area (Å²) in [4.78, 5) is 17.0. The molecule has 0 unspecified atom stereocenters. The molecule has 1 N–H and O–H groups in total. The van der Waals surface area contributed by atoms with Gasteiger partial charge in [-0.05, 0) is 50.1 Å². The van der Waals surface area contributed by atoms with Gasteiger partial charge in [0.2, 0.25) is 5.91 Å². The molecule has 0 aliphatic heterocycles. The van der Waals surface area contributed by atoms with Crippen molar-refractivity contribution in [3.8, 4) is 0 Å². The molecule has 4 aromatic rings. The van der Waals surface area contributed by atoms with Gasteiger partial charge in [-0.3, -0.25) is 4.79 Å². The van der Waals surface area contributed by atoms with Crippen molar-refractivity contribution in [3.63, 3.8) is 0 Å². The van der Waals surface area contributed by atoms with Gasteiger partial charge in [0.05, 0.1) is 16.2 Å². The molecule has 0 saturated carbocycles. The van der Waals surface area contributed by atoms with Gasteiger partial charge in [-0.25, -0.2) is 13.9 Å². The Morgan fingerprint density at radius 1 is 1.18 bits per heavy atom. The van der Waals surface area contributed by atoms with Gasteiger partial charge >= 0.3 is 0 Å². The second kappa shape index (κ2) is 7.20. The smallest absolute Gasteiger partial charge is 0.224 e. The molecule has 142 valence electrons. The number of nitrogens with zero attached hydrogens (tertiary/aromatic N) is 3. The molecule has 7 heteroatoms. The highest BCUT2D eigenvalue weighted by atomic mass is 35.5. The third-order valence-corrected chi connectivity index (χ3v) is 5.14. The number of carbonyl (C=O) groups is 1. The number of benzene rings is 2. The summed E-state index contributed by atoms with van der Waals surface area (Å²) in [6.45, 7) is 3.90. The van der Waals surface area contributed by atoms with Crippen LogP contribution in [0.5, 0.6) is 0 Å². The highest BCUT2D eigenvalue weighted by molar-refractivity contribution is 6.31. The molecule has 0 radical (unpaired) electrons. The maximum Gasteiger partial charge on any atom is 0.224 e. The van der Waals surface area contributed by atoms with Crippen LogP contribution in [0, 0.1) is 19.7 Å². The highest BCUT2D eigenvalue weighted by Crippen LogP contribution is 2.24. The summed E-state index contributed by atoms with van der Waals surface area (Å²) in [5.74, 6) is -0.915. The SMILES string of the molecule is Cc1nc2c3ccccc3nn2c(C)c1CCC(=O)Nc1cccc(Cl)c1F. The van der Waals surface area contributed by atoms with E-state index >= 15 is 0 Å². The Bertz CT molecular complexity index is 1220. The molecule has 0 aliphatic rings. The number of aromatic nitrogens is 3. The van der Waals surface area contributed by atoms with Crippen molar-refractivity contribution >= 4 is 39.7 Å². The van der Waals surface area contributed by atoms with E-state index in [2.05, 4.69) is 10.4 Å². The molecule has 4 rings (SSSR count). The summed E-state index contributed by atoms with van der Waals surface area (Å²) >= 11 is 5.76. The number of halogens is 2. The molecule has 2 heterocycles. The molecule has 5 nitrogen and oxygen atoms in total. The molecule has 28 heavy (non-hydrogen) atoms. The largest absolute Gasteiger partial charge is 0.324 e. The van der Waals surface area contributed by atoms with E-state index in [9.17, 15) is 9.18 Å². The van der Waals surface area contributed by atoms with Crippen molar-refractivity contribution in [3.05, 3.63) is 70.3 Å². The standard InChI is InChI=1S/C21H18ClFN4O/c1-12-14(10-11-19(28)25-18-9-5-7-16(22)20(18)23)13(2)27-21(24-12)15-6-3-4-8-17(15)26-27/h3-9H,10-11H2,1-2H3,(H,25,28). The van der Waals surface area contributed by atoms with Gasteiger partial charge in [-0.1, -0.05) is 29.8 Å². The van der Waals surface area contributed by atoms with Gasteiger partial charge in [0.25, 0.3) is 0 Å². The monoisotopic (exact) mass is 396 g/mol. The van der Waals surface area contributed by atoms with E-state index in [1.807, 2.05) is 42.6 Å². The Hall–Kier alpha value is -2.99. The minimum Gasteiger partial charge on any atom is -0.324 e. The summed E-state index contributed by atoms with van der Waals surface area (Å²) < 4.78 is 15.8. The van der Waals surface area contributed by atoms with E-state index in [-0.39, 0.29) is 23.0 Å². The fraction of sp³-hybridized carbons (Fsp3) is 0.190. The molecular weight excluding hydrogens is 379 g/mol. The average molecular weight is 397 g/mol. The minimum atomic E-state index is -0.629. The number of nitrogens with one attached hydrogen (secondary N) is 1. The summed E-state index contributed by atoms with van der Waals surface area (Å²) in [5, 5.41) is 8.17. The van der Waals surface area contributed by atoms with Crippen LogP contribution in [0.1, 0.15) is 23.4 Å². The average Bonchev–Trinajstić information content (AvgIpc) is 3.04. The Labute approximate surface area is 166 Å². The fourth-order valence-corrected chi connectivity index (χ4v) is 3.56. The normalized spacial score (nSPS) is 11.3. The summed E-state index contributed by atoms with van der Waals surface area (Å²) in [6, 6.07) is 12.4. The second-order valence-corrected chi connectivity index (χ2v) is 7.07. The lowest BCUT2D eigenvalue weighted by Gasteiger charge is -2.11. The predicted octanol–water partition coefficient (Wildman–Crippen LogP) is 4.86. The van der Waals surface area contributed by atoms with E-state index in [1.54, 1.807) is 6.07 Å². The van der Waals surface area contributed by atoms with Gasteiger partial charge in [-0.2, -0.15) is 5.10 Å². The van der Waals surface area contributed by atoms with Crippen molar-refractivity contribution in [2.45, 2.75) is 26.7 Å². The molecule has 1 amide bonds. The Morgan fingerprint density at radius 2 is 1.96 bits per heavy atom. The minimum absolute atomic E-state index is 0.0233. The molecule has 2 aromatic heterocycles. The van der Waals surface area contributed by atoms with Crippen LogP contribution in [0.2, 0.25) is 5.02 Å². The van der Waals surface area contributed by atoms with E-state index < -0.39 is 5.82 Å². The van der Waals surface area contributed by atoms with Gasteiger partial charge in [0.15, 0.2) is 11.5 Å². The molecule has 0 saturated heterocycles. The number of rotatable bonds is 4. The fourth-order valence-electron chi connectivity index (χ4n) is 3.39. The first-order chi connectivity index (χ1) is 13.5. The van der Waals surface area contributed by atoms with Crippen LogP contribution in [0.25, 0.3) is 16.6 Å². The number of hydrogen-bond acceptors (Lipinski definition) is 3. The third-order valence-electron chi connectivity index (χ3n) is 4.85. The number of hydrogen-bond donors (Lipinski definition) is 1. The predicted molar refractivity (Wildman–Crippen MR) is 108 cm³/mol. The number of aryl methyl sites for hydroxylation is 2. The maximum atomic E-state index is 14.0. The van der Waals surface area contributed by atoms with E-state index in [0.717, 1.165) is 33.5 Å². The number of fused-ring (bicyclic) bond motifs is 3. The van der Waals surface area contributed by atoms with Gasteiger partial charge in [0.1, 0.15) is 0 Å². The Kier molecular flexibility index (Phi) is 4.73. The zero-order valence-electron chi connectivity index (χ0n) is 15.5. The zero-order valence-corrected chi connectivity index (χ0v) is 16.2. The molecule has 0 aliphatic carbocycles. The van der Waals surface area contributed by atoms with Crippen LogP contribution >= 0.6 is 11.6 Å². The molecule has 2 aromatic carbocycles. The first kappa shape index (κ1) is 18.4. The number of anilines is 1. The van der Waals surface area contributed by atoms with Crippen molar-refractivity contribution in [1.29, 1.82) is 0 Å². The number of carbonyl (C=O) groups excluding carboxylic acids is 1. The zero-order chi connectivity index (χ0) is 19.8. The van der Waals surface area contributed by atoms with Crippen molar-refractivity contribution < 1.29 is 9.18 Å². The maximum absolute atomic E-state index is 14.0. The summed E-state index contributed by atoms with van der Waals surface area (Å²) in [6.07, 6.45) is 0.673. The van der Waals surface area contributed by atoms with E-state index in [4.69, 9.17) is 16.6 Å². The van der Waals surface area contributed by atoms with Crippen molar-refractivity contribution in [2.24, 2.45) is 0 Å². The van der Waals surface area contributed by atoms with Gasteiger partial charge in [0, 0.05) is 23.2 Å². The first-order valence-electron chi connectivity index (χ1n) is 8.93. The number of amides is 1. The van der Waals surface area contributed by atoms with E-state index in [0.29, 0.717) is 6.42 Å². The van der Waals surface area contributed by atoms with Crippen LogP contribution in [0.3, 0.4) is 0 Å². The molecule has 0 atom stereocenters. The summed E-state index contributed by atoms with van der Waals surface area (Å²) in [7, 11) is 0. The Balaban J connectivity index is 1.58. The lowest BCUT2D eigenvalue weighted by Crippen LogP contribution is -2.15. The molecular formula is C21H18ClFN4O. The topological polar surface area (TPSA) is 59.3 Å². The van der Waals surface area contributed by atoms with Crippen LogP contribution in [-0.4, -0.2) is 20.5 Å². The van der Waals surface area contributed by atoms with E-state index in [1.165, 1.54) is 12.1 Å². The van der Waals surface area contributed by atoms with Gasteiger partial charge in [-0.15, -0.1) is 0 Å². The third kappa shape index (κ3) is 3.20. The first-order valence-corrected chi connectivity index (χ1v) is 9.31. The van der Waals surface area contributed by atoms with Crippen LogP contribution in [0.15, 0.2) is 42.5 Å². The van der Waals surface area contributed by atoms with Crippen LogP contribution in [-0.2, 0) is 11.2 Å². The second-order valence-electron chi connectivity index (χ2n) is 6.66.